The summed E-state index contributed by atoms with van der Waals surface area (Å²) in [6.45, 7) is 6.86. The Labute approximate surface area is 105 Å². The second kappa shape index (κ2) is 4.77. The zero-order valence-corrected chi connectivity index (χ0v) is 11.2. The van der Waals surface area contributed by atoms with Gasteiger partial charge in [0.05, 0.1) is 0 Å². The molecule has 0 spiro atoms. The summed E-state index contributed by atoms with van der Waals surface area (Å²) >= 11 is 0. The second-order valence-electron chi connectivity index (χ2n) is 6.10. The Kier molecular flexibility index (Phi) is 3.53. The van der Waals surface area contributed by atoms with Crippen molar-refractivity contribution in [3.8, 4) is 0 Å². The summed E-state index contributed by atoms with van der Waals surface area (Å²) in [5.74, 6) is 0.583. The Balaban J connectivity index is 2.25. The predicted molar refractivity (Wildman–Crippen MR) is 71.6 cm³/mol. The minimum absolute atomic E-state index is 0.138. The third-order valence-electron chi connectivity index (χ3n) is 4.46. The second-order valence-corrected chi connectivity index (χ2v) is 6.10. The van der Waals surface area contributed by atoms with Gasteiger partial charge in [-0.2, -0.15) is 0 Å². The van der Waals surface area contributed by atoms with Crippen LogP contribution in [0.25, 0.3) is 0 Å². The standard InChI is InChI=1S/C15H24N2/c1-11-7-9-17-10-12(11)14(16)13-6-4-5-8-15(13,2)3/h7,9-10,13-14H,4-6,8,16H2,1-3H3. The van der Waals surface area contributed by atoms with Gasteiger partial charge in [-0.3, -0.25) is 4.98 Å². The Morgan fingerprint density at radius 3 is 2.82 bits per heavy atom. The summed E-state index contributed by atoms with van der Waals surface area (Å²) in [5, 5.41) is 0. The van der Waals surface area contributed by atoms with Crippen LogP contribution in [0, 0.1) is 18.3 Å². The van der Waals surface area contributed by atoms with E-state index >= 15 is 0 Å². The molecular weight excluding hydrogens is 208 g/mol. The van der Waals surface area contributed by atoms with E-state index in [1.807, 2.05) is 12.4 Å². The lowest BCUT2D eigenvalue weighted by Gasteiger charge is -2.42. The highest BCUT2D eigenvalue weighted by molar-refractivity contribution is 5.26. The molecule has 1 aliphatic carbocycles. The zero-order valence-electron chi connectivity index (χ0n) is 11.2. The summed E-state index contributed by atoms with van der Waals surface area (Å²) in [7, 11) is 0. The smallest absolute Gasteiger partial charge is 0.0346 e. The van der Waals surface area contributed by atoms with Crippen molar-refractivity contribution in [2.75, 3.05) is 0 Å². The molecule has 2 N–H and O–H groups in total. The minimum atomic E-state index is 0.138. The van der Waals surface area contributed by atoms with Crippen molar-refractivity contribution in [2.24, 2.45) is 17.1 Å². The van der Waals surface area contributed by atoms with Gasteiger partial charge in [0.2, 0.25) is 0 Å². The average Bonchev–Trinajstić information content (AvgIpc) is 2.28. The van der Waals surface area contributed by atoms with Gasteiger partial charge in [-0.15, -0.1) is 0 Å². The first-order valence-electron chi connectivity index (χ1n) is 6.68. The number of nitrogens with zero attached hydrogens (tertiary/aromatic N) is 1. The van der Waals surface area contributed by atoms with Crippen molar-refractivity contribution in [3.63, 3.8) is 0 Å². The molecule has 17 heavy (non-hydrogen) atoms. The third kappa shape index (κ3) is 2.52. The van der Waals surface area contributed by atoms with E-state index in [0.29, 0.717) is 11.3 Å². The summed E-state index contributed by atoms with van der Waals surface area (Å²) in [6, 6.07) is 2.20. The molecule has 1 fully saturated rings. The fraction of sp³-hybridized carbons (Fsp3) is 0.667. The fourth-order valence-corrected chi connectivity index (χ4v) is 3.23. The van der Waals surface area contributed by atoms with Gasteiger partial charge in [-0.1, -0.05) is 26.7 Å². The van der Waals surface area contributed by atoms with Crippen LogP contribution in [-0.2, 0) is 0 Å². The molecule has 2 rings (SSSR count). The molecule has 0 amide bonds. The summed E-state index contributed by atoms with van der Waals surface area (Å²) in [5.41, 5.74) is 9.37. The number of hydrogen-bond donors (Lipinski definition) is 1. The van der Waals surface area contributed by atoms with Gasteiger partial charge in [0.25, 0.3) is 0 Å². The van der Waals surface area contributed by atoms with Crippen LogP contribution >= 0.6 is 0 Å². The third-order valence-corrected chi connectivity index (χ3v) is 4.46. The van der Waals surface area contributed by atoms with Crippen molar-refractivity contribution in [3.05, 3.63) is 29.6 Å². The lowest BCUT2D eigenvalue weighted by Crippen LogP contribution is -2.36. The van der Waals surface area contributed by atoms with Crippen LogP contribution in [0.4, 0.5) is 0 Å². The molecule has 1 aromatic rings. The van der Waals surface area contributed by atoms with E-state index in [1.54, 1.807) is 0 Å². The van der Waals surface area contributed by atoms with Gasteiger partial charge in [-0.05, 0) is 48.3 Å². The van der Waals surface area contributed by atoms with Gasteiger partial charge in [0.15, 0.2) is 0 Å². The van der Waals surface area contributed by atoms with Crippen LogP contribution in [0.3, 0.4) is 0 Å². The van der Waals surface area contributed by atoms with Crippen molar-refractivity contribution in [1.29, 1.82) is 0 Å². The number of rotatable bonds is 2. The lowest BCUT2D eigenvalue weighted by molar-refractivity contribution is 0.112. The Morgan fingerprint density at radius 1 is 1.41 bits per heavy atom. The van der Waals surface area contributed by atoms with Gasteiger partial charge >= 0.3 is 0 Å². The van der Waals surface area contributed by atoms with Crippen LogP contribution in [0.1, 0.15) is 56.7 Å². The number of nitrogens with two attached hydrogens (primary N) is 1. The lowest BCUT2D eigenvalue weighted by atomic mass is 9.65. The van der Waals surface area contributed by atoms with E-state index in [9.17, 15) is 0 Å². The maximum Gasteiger partial charge on any atom is 0.0346 e. The maximum atomic E-state index is 6.51. The molecule has 0 aliphatic heterocycles. The first-order chi connectivity index (χ1) is 8.02. The molecule has 0 bridgehead atoms. The molecule has 2 atom stereocenters. The predicted octanol–water partition coefficient (Wildman–Crippen LogP) is 3.61. The maximum absolute atomic E-state index is 6.51. The Morgan fingerprint density at radius 2 is 2.18 bits per heavy atom. The van der Waals surface area contributed by atoms with Gasteiger partial charge in [0, 0.05) is 18.4 Å². The average molecular weight is 232 g/mol. The van der Waals surface area contributed by atoms with Crippen molar-refractivity contribution < 1.29 is 0 Å². The highest BCUT2D eigenvalue weighted by Crippen LogP contribution is 2.46. The number of pyridine rings is 1. The summed E-state index contributed by atoms with van der Waals surface area (Å²) < 4.78 is 0. The minimum Gasteiger partial charge on any atom is -0.324 e. The first-order valence-corrected chi connectivity index (χ1v) is 6.68. The van der Waals surface area contributed by atoms with E-state index < -0.39 is 0 Å². The zero-order chi connectivity index (χ0) is 12.5. The first kappa shape index (κ1) is 12.6. The molecule has 1 aromatic heterocycles. The molecule has 1 saturated carbocycles. The molecule has 2 nitrogen and oxygen atoms in total. The van der Waals surface area contributed by atoms with Gasteiger partial charge < -0.3 is 5.73 Å². The van der Waals surface area contributed by atoms with Crippen LogP contribution < -0.4 is 5.73 Å². The normalized spacial score (nSPS) is 25.5. The number of aromatic nitrogens is 1. The van der Waals surface area contributed by atoms with E-state index in [0.717, 1.165) is 0 Å². The monoisotopic (exact) mass is 232 g/mol. The van der Waals surface area contributed by atoms with E-state index in [1.165, 1.54) is 36.8 Å². The largest absolute Gasteiger partial charge is 0.324 e. The van der Waals surface area contributed by atoms with Gasteiger partial charge in [-0.25, -0.2) is 0 Å². The number of hydrogen-bond acceptors (Lipinski definition) is 2. The van der Waals surface area contributed by atoms with Crippen molar-refractivity contribution in [2.45, 2.75) is 52.5 Å². The fourth-order valence-electron chi connectivity index (χ4n) is 3.23. The highest BCUT2D eigenvalue weighted by atomic mass is 14.7. The quantitative estimate of drug-likeness (QED) is 0.846. The Bertz CT molecular complexity index is 384. The van der Waals surface area contributed by atoms with Crippen molar-refractivity contribution >= 4 is 0 Å². The molecule has 1 aliphatic rings. The molecule has 2 unspecified atom stereocenters. The molecule has 94 valence electrons. The molecule has 2 heteroatoms. The SMILES string of the molecule is Cc1ccncc1C(N)C1CCCCC1(C)C. The number of aryl methyl sites for hydroxylation is 1. The molecule has 0 aromatic carbocycles. The van der Waals surface area contributed by atoms with Crippen LogP contribution in [-0.4, -0.2) is 4.98 Å². The van der Waals surface area contributed by atoms with Gasteiger partial charge in [0.1, 0.15) is 0 Å². The van der Waals surface area contributed by atoms with Crippen molar-refractivity contribution in [1.82, 2.24) is 4.98 Å². The van der Waals surface area contributed by atoms with E-state index in [2.05, 4.69) is 31.8 Å². The molecule has 1 heterocycles. The molecular formula is C15H24N2. The van der Waals surface area contributed by atoms with Crippen LogP contribution in [0.15, 0.2) is 18.5 Å². The highest BCUT2D eigenvalue weighted by Gasteiger charge is 2.36. The van der Waals surface area contributed by atoms with Crippen LogP contribution in [0.5, 0.6) is 0 Å². The molecule has 0 radical (unpaired) electrons. The van der Waals surface area contributed by atoms with Crippen LogP contribution in [0.2, 0.25) is 0 Å². The van der Waals surface area contributed by atoms with E-state index in [-0.39, 0.29) is 6.04 Å². The topological polar surface area (TPSA) is 38.9 Å². The summed E-state index contributed by atoms with van der Waals surface area (Å²) in [4.78, 5) is 4.23. The Hall–Kier alpha value is -0.890. The molecule has 0 saturated heterocycles. The van der Waals surface area contributed by atoms with E-state index in [4.69, 9.17) is 5.73 Å². The summed E-state index contributed by atoms with van der Waals surface area (Å²) in [6.07, 6.45) is 9.01.